The minimum Gasteiger partial charge on any atom is -0.504 e. The van der Waals surface area contributed by atoms with Crippen molar-refractivity contribution in [3.05, 3.63) is 82.1 Å². The number of aromatic nitrogens is 1. The molecule has 1 atom stereocenters. The number of carbonyl (C=O) groups is 1. The van der Waals surface area contributed by atoms with Crippen molar-refractivity contribution in [1.29, 1.82) is 0 Å². The number of allylic oxidation sites excluding steroid dienone is 1. The van der Waals surface area contributed by atoms with Crippen molar-refractivity contribution in [2.24, 2.45) is 4.99 Å². The van der Waals surface area contributed by atoms with Gasteiger partial charge in [-0.15, -0.1) is 0 Å². The van der Waals surface area contributed by atoms with Crippen LogP contribution >= 0.6 is 33.9 Å². The van der Waals surface area contributed by atoms with E-state index in [-0.39, 0.29) is 17.9 Å². The maximum absolute atomic E-state index is 13.7. The van der Waals surface area contributed by atoms with Crippen LogP contribution in [0.4, 0.5) is 0 Å². The number of ether oxygens (including phenoxy) is 3. The summed E-state index contributed by atoms with van der Waals surface area (Å²) in [7, 11) is 1.58. The molecule has 188 valence electrons. The second-order valence-electron chi connectivity index (χ2n) is 7.86. The van der Waals surface area contributed by atoms with Gasteiger partial charge < -0.3 is 19.3 Å². The Kier molecular flexibility index (Phi) is 7.84. The number of phenolic OH excluding ortho intramolecular Hbond substituents is 1. The summed E-state index contributed by atoms with van der Waals surface area (Å²) in [5, 5.41) is 10.3. The molecule has 1 unspecified atom stereocenters. The summed E-state index contributed by atoms with van der Waals surface area (Å²) < 4.78 is 18.7. The van der Waals surface area contributed by atoms with Gasteiger partial charge in [-0.3, -0.25) is 9.36 Å². The summed E-state index contributed by atoms with van der Waals surface area (Å²) in [6.07, 6.45) is 1.74. The zero-order valence-electron chi connectivity index (χ0n) is 20.2. The molecule has 36 heavy (non-hydrogen) atoms. The molecule has 0 amide bonds. The third-order valence-electron chi connectivity index (χ3n) is 5.60. The number of carbonyl (C=O) groups excluding carboxylic acids is 1. The van der Waals surface area contributed by atoms with E-state index >= 15 is 0 Å². The van der Waals surface area contributed by atoms with Gasteiger partial charge in [-0.1, -0.05) is 23.5 Å². The molecule has 0 radical (unpaired) electrons. The zero-order chi connectivity index (χ0) is 26.0. The van der Waals surface area contributed by atoms with E-state index in [1.165, 1.54) is 15.9 Å². The molecule has 0 spiro atoms. The third kappa shape index (κ3) is 4.92. The lowest BCUT2D eigenvalue weighted by atomic mass is 9.96. The number of benzene rings is 2. The number of hydrogen-bond acceptors (Lipinski definition) is 8. The number of halogens is 1. The molecule has 0 fully saturated rings. The van der Waals surface area contributed by atoms with Gasteiger partial charge in [-0.2, -0.15) is 0 Å². The first kappa shape index (κ1) is 26.0. The number of methoxy groups -OCH3 is 1. The summed E-state index contributed by atoms with van der Waals surface area (Å²) in [4.78, 5) is 31.8. The number of thiazole rings is 1. The summed E-state index contributed by atoms with van der Waals surface area (Å²) in [5.74, 6) is 0.560. The molecule has 1 aliphatic rings. The van der Waals surface area contributed by atoms with E-state index in [1.807, 2.05) is 41.6 Å². The van der Waals surface area contributed by atoms with Crippen LogP contribution in [0.1, 0.15) is 37.9 Å². The van der Waals surface area contributed by atoms with Crippen LogP contribution in [0.3, 0.4) is 0 Å². The van der Waals surface area contributed by atoms with Gasteiger partial charge in [0, 0.05) is 0 Å². The quantitative estimate of drug-likeness (QED) is 0.321. The largest absolute Gasteiger partial charge is 0.504 e. The Balaban J connectivity index is 1.93. The van der Waals surface area contributed by atoms with Crippen molar-refractivity contribution in [2.75, 3.05) is 20.3 Å². The molecular formula is C26H25IN2O6S. The first-order valence-electron chi connectivity index (χ1n) is 11.3. The van der Waals surface area contributed by atoms with Crippen LogP contribution in [0, 0.1) is 3.57 Å². The zero-order valence-corrected chi connectivity index (χ0v) is 23.2. The average molecular weight is 620 g/mol. The fourth-order valence-electron chi connectivity index (χ4n) is 3.99. The van der Waals surface area contributed by atoms with Crippen LogP contribution < -0.4 is 24.4 Å². The predicted octanol–water partition coefficient (Wildman–Crippen LogP) is 3.52. The molecule has 0 saturated heterocycles. The van der Waals surface area contributed by atoms with E-state index in [0.29, 0.717) is 47.8 Å². The van der Waals surface area contributed by atoms with Crippen LogP contribution in [0.15, 0.2) is 57.5 Å². The number of rotatable bonds is 7. The summed E-state index contributed by atoms with van der Waals surface area (Å²) in [5.41, 5.74) is 1.97. The molecule has 1 aliphatic heterocycles. The Morgan fingerprint density at radius 1 is 1.22 bits per heavy atom. The highest BCUT2D eigenvalue weighted by Gasteiger charge is 2.33. The van der Waals surface area contributed by atoms with Gasteiger partial charge in [-0.05, 0) is 84.8 Å². The molecule has 0 saturated carbocycles. The van der Waals surface area contributed by atoms with E-state index in [4.69, 9.17) is 14.2 Å². The van der Waals surface area contributed by atoms with Crippen molar-refractivity contribution in [1.82, 2.24) is 4.57 Å². The normalized spacial score (nSPS) is 15.4. The van der Waals surface area contributed by atoms with Crippen LogP contribution in [0.2, 0.25) is 0 Å². The molecule has 1 N–H and O–H groups in total. The van der Waals surface area contributed by atoms with Gasteiger partial charge in [0.1, 0.15) is 5.75 Å². The molecule has 3 aromatic rings. The molecule has 8 nitrogen and oxygen atoms in total. The van der Waals surface area contributed by atoms with Crippen molar-refractivity contribution in [3.8, 4) is 17.2 Å². The first-order chi connectivity index (χ1) is 17.3. The van der Waals surface area contributed by atoms with Gasteiger partial charge in [0.15, 0.2) is 16.3 Å². The highest BCUT2D eigenvalue weighted by atomic mass is 127. The van der Waals surface area contributed by atoms with Crippen LogP contribution in [0.25, 0.3) is 6.08 Å². The van der Waals surface area contributed by atoms with E-state index < -0.39 is 12.0 Å². The van der Waals surface area contributed by atoms with Gasteiger partial charge in [-0.25, -0.2) is 9.79 Å². The van der Waals surface area contributed by atoms with E-state index in [9.17, 15) is 14.7 Å². The monoisotopic (exact) mass is 620 g/mol. The lowest BCUT2D eigenvalue weighted by molar-refractivity contribution is -0.139. The minimum absolute atomic E-state index is 0.0604. The van der Waals surface area contributed by atoms with Crippen LogP contribution in [-0.4, -0.2) is 36.0 Å². The van der Waals surface area contributed by atoms with E-state index in [1.54, 1.807) is 51.3 Å². The van der Waals surface area contributed by atoms with Crippen LogP contribution in [0.5, 0.6) is 17.2 Å². The van der Waals surface area contributed by atoms with E-state index in [2.05, 4.69) is 4.99 Å². The van der Waals surface area contributed by atoms with Crippen molar-refractivity contribution < 1.29 is 24.1 Å². The Bertz CT molecular complexity index is 1520. The smallest absolute Gasteiger partial charge is 0.338 e. The lowest BCUT2D eigenvalue weighted by Crippen LogP contribution is -2.39. The Morgan fingerprint density at radius 3 is 2.58 bits per heavy atom. The van der Waals surface area contributed by atoms with Gasteiger partial charge >= 0.3 is 5.97 Å². The molecule has 4 rings (SSSR count). The molecular weight excluding hydrogens is 595 g/mol. The van der Waals surface area contributed by atoms with Crippen molar-refractivity contribution in [2.45, 2.75) is 26.8 Å². The lowest BCUT2D eigenvalue weighted by Gasteiger charge is -2.24. The summed E-state index contributed by atoms with van der Waals surface area (Å²) in [6, 6.07) is 9.99. The minimum atomic E-state index is -0.702. The Morgan fingerprint density at radius 2 is 1.94 bits per heavy atom. The Labute approximate surface area is 225 Å². The van der Waals surface area contributed by atoms with Gasteiger partial charge in [0.05, 0.1) is 45.7 Å². The SMILES string of the molecule is CCOC(=O)C1=C(C)N=c2s/c(=C\c3cc(I)c(O)c(OCC)c3)c(=O)n2C1c1ccc(OC)cc1. The molecule has 1 aromatic heterocycles. The molecule has 0 bridgehead atoms. The van der Waals surface area contributed by atoms with Crippen molar-refractivity contribution in [3.63, 3.8) is 0 Å². The van der Waals surface area contributed by atoms with Crippen molar-refractivity contribution >= 4 is 46.0 Å². The fraction of sp³-hybridized carbons (Fsp3) is 0.269. The summed E-state index contributed by atoms with van der Waals surface area (Å²) in [6.45, 7) is 5.92. The standard InChI is InChI=1S/C26H25IN2O6S/c1-5-34-19-12-15(11-18(27)23(19)30)13-20-24(31)29-22(16-7-9-17(33-4)10-8-16)21(25(32)35-6-2)14(3)28-26(29)36-20/h7-13,22,30H,5-6H2,1-4H3/b20-13-. The molecule has 2 aromatic carbocycles. The average Bonchev–Trinajstić information content (AvgIpc) is 3.15. The third-order valence-corrected chi connectivity index (χ3v) is 7.40. The second kappa shape index (κ2) is 10.9. The molecule has 0 aliphatic carbocycles. The molecule has 2 heterocycles. The number of phenols is 1. The molecule has 10 heteroatoms. The number of aromatic hydroxyl groups is 1. The van der Waals surface area contributed by atoms with Gasteiger partial charge in [0.2, 0.25) is 0 Å². The van der Waals surface area contributed by atoms with E-state index in [0.717, 1.165) is 5.56 Å². The number of fused-ring (bicyclic) bond motifs is 1. The topological polar surface area (TPSA) is 99.4 Å². The Hall–Kier alpha value is -3.12. The highest BCUT2D eigenvalue weighted by molar-refractivity contribution is 14.1. The predicted molar refractivity (Wildman–Crippen MR) is 145 cm³/mol. The number of hydrogen-bond donors (Lipinski definition) is 1. The fourth-order valence-corrected chi connectivity index (χ4v) is 5.66. The van der Waals surface area contributed by atoms with Gasteiger partial charge in [0.25, 0.3) is 5.56 Å². The first-order valence-corrected chi connectivity index (χ1v) is 13.2. The second-order valence-corrected chi connectivity index (χ2v) is 10.0. The van der Waals surface area contributed by atoms with Crippen LogP contribution in [-0.2, 0) is 9.53 Å². The highest BCUT2D eigenvalue weighted by Crippen LogP contribution is 2.33. The number of esters is 1. The maximum Gasteiger partial charge on any atom is 0.338 e. The maximum atomic E-state index is 13.7. The number of nitrogens with zero attached hydrogens (tertiary/aromatic N) is 2. The summed E-state index contributed by atoms with van der Waals surface area (Å²) >= 11 is 3.26.